The second-order valence-corrected chi connectivity index (χ2v) is 4.99. The molecule has 2 N–H and O–H groups in total. The molecule has 1 aliphatic rings. The number of rotatable bonds is 4. The standard InChI is InChI=1S/C16H19NO3/c1-2-11-7-3-6-10-14(11)17-15(18)12-8-4-5-9-13(12)16(19)20/h3-7,10,12-13H,2,8-9H2,1H3,(H,17,18)(H,19,20)/t12-,13+/m0/s1. The third-order valence-electron chi connectivity index (χ3n) is 3.74. The molecule has 0 saturated heterocycles. The second-order valence-electron chi connectivity index (χ2n) is 4.99. The molecule has 2 atom stereocenters. The molecule has 0 heterocycles. The summed E-state index contributed by atoms with van der Waals surface area (Å²) >= 11 is 0. The average molecular weight is 273 g/mol. The molecule has 20 heavy (non-hydrogen) atoms. The van der Waals surface area contributed by atoms with Gasteiger partial charge >= 0.3 is 5.97 Å². The van der Waals surface area contributed by atoms with E-state index >= 15 is 0 Å². The molecule has 106 valence electrons. The molecule has 0 aromatic heterocycles. The Bertz CT molecular complexity index is 536. The van der Waals surface area contributed by atoms with Crippen LogP contribution in [-0.2, 0) is 16.0 Å². The fraction of sp³-hybridized carbons (Fsp3) is 0.375. The summed E-state index contributed by atoms with van der Waals surface area (Å²) in [5.41, 5.74) is 1.83. The molecule has 2 rings (SSSR count). The molecule has 1 aromatic rings. The van der Waals surface area contributed by atoms with Crippen LogP contribution in [0, 0.1) is 11.8 Å². The molecule has 0 unspecified atom stereocenters. The zero-order chi connectivity index (χ0) is 14.5. The SMILES string of the molecule is CCc1ccccc1NC(=O)[C@H]1CC=CC[C@H]1C(=O)O. The second kappa shape index (κ2) is 6.37. The van der Waals surface area contributed by atoms with Crippen molar-refractivity contribution in [1.82, 2.24) is 0 Å². The first-order chi connectivity index (χ1) is 9.63. The van der Waals surface area contributed by atoms with Crippen LogP contribution in [-0.4, -0.2) is 17.0 Å². The van der Waals surface area contributed by atoms with E-state index in [1.165, 1.54) is 0 Å². The number of hydrogen-bond acceptors (Lipinski definition) is 2. The largest absolute Gasteiger partial charge is 0.481 e. The first-order valence-electron chi connectivity index (χ1n) is 6.90. The van der Waals surface area contributed by atoms with E-state index in [-0.39, 0.29) is 5.91 Å². The van der Waals surface area contributed by atoms with Crippen molar-refractivity contribution in [3.05, 3.63) is 42.0 Å². The molecule has 4 heteroatoms. The zero-order valence-electron chi connectivity index (χ0n) is 11.5. The van der Waals surface area contributed by atoms with Crippen molar-refractivity contribution in [2.24, 2.45) is 11.8 Å². The Hall–Kier alpha value is -2.10. The molecule has 0 fully saturated rings. The number of hydrogen-bond donors (Lipinski definition) is 2. The quantitative estimate of drug-likeness (QED) is 0.829. The molecule has 1 aromatic carbocycles. The lowest BCUT2D eigenvalue weighted by atomic mass is 9.82. The van der Waals surface area contributed by atoms with Crippen molar-refractivity contribution in [3.8, 4) is 0 Å². The van der Waals surface area contributed by atoms with Crippen LogP contribution in [0.5, 0.6) is 0 Å². The number of carbonyl (C=O) groups excluding carboxylic acids is 1. The van der Waals surface area contributed by atoms with Gasteiger partial charge < -0.3 is 10.4 Å². The van der Waals surface area contributed by atoms with Gasteiger partial charge in [-0.05, 0) is 30.9 Å². The molecule has 0 aliphatic heterocycles. The summed E-state index contributed by atoms with van der Waals surface area (Å²) in [6, 6.07) is 7.61. The number of amides is 1. The van der Waals surface area contributed by atoms with Gasteiger partial charge in [0.25, 0.3) is 0 Å². The van der Waals surface area contributed by atoms with Gasteiger partial charge in [0, 0.05) is 5.69 Å². The van der Waals surface area contributed by atoms with E-state index < -0.39 is 17.8 Å². The van der Waals surface area contributed by atoms with Gasteiger partial charge in [-0.2, -0.15) is 0 Å². The molecular weight excluding hydrogens is 254 g/mol. The van der Waals surface area contributed by atoms with E-state index in [0.717, 1.165) is 17.7 Å². The Morgan fingerprint density at radius 2 is 1.85 bits per heavy atom. The predicted octanol–water partition coefficient (Wildman–Crippen LogP) is 2.85. The highest BCUT2D eigenvalue weighted by Crippen LogP contribution is 2.27. The number of carboxylic acids is 1. The van der Waals surface area contributed by atoms with Crippen molar-refractivity contribution in [2.75, 3.05) is 5.32 Å². The van der Waals surface area contributed by atoms with Crippen LogP contribution in [0.25, 0.3) is 0 Å². The summed E-state index contributed by atoms with van der Waals surface area (Å²) in [5.74, 6) is -2.24. The van der Waals surface area contributed by atoms with E-state index in [1.807, 2.05) is 43.3 Å². The molecular formula is C16H19NO3. The molecule has 4 nitrogen and oxygen atoms in total. The van der Waals surface area contributed by atoms with Gasteiger partial charge in [-0.25, -0.2) is 0 Å². The highest BCUT2D eigenvalue weighted by molar-refractivity contribution is 5.96. The Labute approximate surface area is 118 Å². The summed E-state index contributed by atoms with van der Waals surface area (Å²) in [4.78, 5) is 23.6. The summed E-state index contributed by atoms with van der Waals surface area (Å²) < 4.78 is 0. The summed E-state index contributed by atoms with van der Waals surface area (Å²) in [6.45, 7) is 2.02. The van der Waals surface area contributed by atoms with Crippen LogP contribution in [0.3, 0.4) is 0 Å². The molecule has 0 bridgehead atoms. The number of nitrogens with one attached hydrogen (secondary N) is 1. The van der Waals surface area contributed by atoms with E-state index in [0.29, 0.717) is 12.8 Å². The van der Waals surface area contributed by atoms with Gasteiger partial charge in [0.05, 0.1) is 11.8 Å². The first-order valence-corrected chi connectivity index (χ1v) is 6.90. The van der Waals surface area contributed by atoms with Crippen molar-refractivity contribution in [1.29, 1.82) is 0 Å². The third-order valence-corrected chi connectivity index (χ3v) is 3.74. The number of anilines is 1. The molecule has 0 radical (unpaired) electrons. The van der Waals surface area contributed by atoms with Gasteiger partial charge in [0.2, 0.25) is 5.91 Å². The summed E-state index contributed by atoms with van der Waals surface area (Å²) in [6.07, 6.45) is 5.45. The van der Waals surface area contributed by atoms with E-state index in [9.17, 15) is 14.7 Å². The molecule has 0 saturated carbocycles. The number of allylic oxidation sites excluding steroid dienone is 2. The van der Waals surface area contributed by atoms with Crippen molar-refractivity contribution in [3.63, 3.8) is 0 Å². The maximum Gasteiger partial charge on any atom is 0.307 e. The maximum atomic E-state index is 12.3. The van der Waals surface area contributed by atoms with Crippen molar-refractivity contribution >= 4 is 17.6 Å². The summed E-state index contributed by atoms with van der Waals surface area (Å²) in [7, 11) is 0. The van der Waals surface area contributed by atoms with Crippen LogP contribution in [0.1, 0.15) is 25.3 Å². The highest BCUT2D eigenvalue weighted by atomic mass is 16.4. The van der Waals surface area contributed by atoms with Gasteiger partial charge in [-0.15, -0.1) is 0 Å². The van der Waals surface area contributed by atoms with Crippen molar-refractivity contribution < 1.29 is 14.7 Å². The fourth-order valence-corrected chi connectivity index (χ4v) is 2.55. The fourth-order valence-electron chi connectivity index (χ4n) is 2.55. The van der Waals surface area contributed by atoms with Crippen molar-refractivity contribution in [2.45, 2.75) is 26.2 Å². The normalized spacial score (nSPS) is 21.4. The predicted molar refractivity (Wildman–Crippen MR) is 77.4 cm³/mol. The summed E-state index contributed by atoms with van der Waals surface area (Å²) in [5, 5.41) is 12.1. The number of benzene rings is 1. The third kappa shape index (κ3) is 3.07. The Balaban J connectivity index is 2.14. The molecule has 1 aliphatic carbocycles. The lowest BCUT2D eigenvalue weighted by Gasteiger charge is -2.24. The minimum absolute atomic E-state index is 0.206. The van der Waals surface area contributed by atoms with Gasteiger partial charge in [0.15, 0.2) is 0 Å². The molecule has 1 amide bonds. The number of carboxylic acid groups (broad SMARTS) is 1. The Morgan fingerprint density at radius 1 is 1.20 bits per heavy atom. The van der Waals surface area contributed by atoms with Gasteiger partial charge in [0.1, 0.15) is 0 Å². The topological polar surface area (TPSA) is 66.4 Å². The zero-order valence-corrected chi connectivity index (χ0v) is 11.5. The van der Waals surface area contributed by atoms with Crippen LogP contribution >= 0.6 is 0 Å². The monoisotopic (exact) mass is 273 g/mol. The average Bonchev–Trinajstić information content (AvgIpc) is 2.47. The van der Waals surface area contributed by atoms with Crippen LogP contribution in [0.4, 0.5) is 5.69 Å². The lowest BCUT2D eigenvalue weighted by molar-refractivity contribution is -0.146. The first kappa shape index (κ1) is 14.3. The number of aryl methyl sites for hydroxylation is 1. The Morgan fingerprint density at radius 3 is 2.50 bits per heavy atom. The van der Waals surface area contributed by atoms with Crippen LogP contribution < -0.4 is 5.32 Å². The van der Waals surface area contributed by atoms with E-state index in [4.69, 9.17) is 0 Å². The molecule has 0 spiro atoms. The van der Waals surface area contributed by atoms with Crippen LogP contribution in [0.15, 0.2) is 36.4 Å². The lowest BCUT2D eigenvalue weighted by Crippen LogP contribution is -2.34. The minimum atomic E-state index is -0.904. The number of carbonyl (C=O) groups is 2. The smallest absolute Gasteiger partial charge is 0.307 e. The number of aliphatic carboxylic acids is 1. The Kier molecular flexibility index (Phi) is 4.56. The van der Waals surface area contributed by atoms with Gasteiger partial charge in [-0.1, -0.05) is 37.3 Å². The van der Waals surface area contributed by atoms with Gasteiger partial charge in [-0.3, -0.25) is 9.59 Å². The maximum absolute atomic E-state index is 12.3. The van der Waals surface area contributed by atoms with E-state index in [1.54, 1.807) is 0 Å². The highest BCUT2D eigenvalue weighted by Gasteiger charge is 2.34. The van der Waals surface area contributed by atoms with E-state index in [2.05, 4.69) is 5.32 Å². The number of para-hydroxylation sites is 1. The minimum Gasteiger partial charge on any atom is -0.481 e. The van der Waals surface area contributed by atoms with Crippen LogP contribution in [0.2, 0.25) is 0 Å².